The number of ether oxygens (including phenoxy) is 1. The van der Waals surface area contributed by atoms with Gasteiger partial charge in [-0.25, -0.2) is 9.37 Å². The molecule has 0 unspecified atom stereocenters. The summed E-state index contributed by atoms with van der Waals surface area (Å²) >= 11 is 5.94. The highest BCUT2D eigenvalue weighted by Gasteiger charge is 2.09. The summed E-state index contributed by atoms with van der Waals surface area (Å²) in [5, 5.41) is 8.84. The largest absolute Gasteiger partial charge is 0.484 e. The molecular formula is C19H17ClFN5O2. The van der Waals surface area contributed by atoms with Gasteiger partial charge < -0.3 is 20.7 Å². The fraction of sp³-hybridized carbons (Fsp3) is 0.105. The van der Waals surface area contributed by atoms with E-state index in [0.717, 1.165) is 6.20 Å². The molecule has 0 atom stereocenters. The Kier molecular flexibility index (Phi) is 6.23. The monoisotopic (exact) mass is 401 g/mol. The van der Waals surface area contributed by atoms with Crippen LogP contribution in [0.3, 0.4) is 0 Å². The van der Waals surface area contributed by atoms with Gasteiger partial charge in [-0.3, -0.25) is 4.79 Å². The molecule has 0 fully saturated rings. The minimum Gasteiger partial charge on any atom is -0.484 e. The summed E-state index contributed by atoms with van der Waals surface area (Å²) in [5.74, 6) is -0.153. The molecule has 1 amide bonds. The van der Waals surface area contributed by atoms with Crippen LogP contribution in [0.4, 0.5) is 27.5 Å². The minimum absolute atomic E-state index is 0.00629. The zero-order valence-corrected chi connectivity index (χ0v) is 15.6. The van der Waals surface area contributed by atoms with Gasteiger partial charge in [0.1, 0.15) is 5.75 Å². The van der Waals surface area contributed by atoms with E-state index in [-0.39, 0.29) is 24.3 Å². The number of rotatable bonds is 7. The normalized spacial score (nSPS) is 10.2. The standard InChI is InChI=1S/C19H17ClFN5O2/c1-22-17(27)11-28-15-7-3-6-14(9-15)25-19-23-10-16(21)18(26-19)24-13-5-2-4-12(20)8-13/h2-10H,11H2,1H3,(H,22,27)(H2,23,24,25,26). The van der Waals surface area contributed by atoms with Crippen LogP contribution >= 0.6 is 11.6 Å². The third kappa shape index (κ3) is 5.31. The Morgan fingerprint density at radius 3 is 2.64 bits per heavy atom. The Morgan fingerprint density at radius 1 is 1.14 bits per heavy atom. The van der Waals surface area contributed by atoms with Crippen molar-refractivity contribution in [1.82, 2.24) is 15.3 Å². The first-order valence-corrected chi connectivity index (χ1v) is 8.67. The first kappa shape index (κ1) is 19.4. The number of benzene rings is 2. The van der Waals surface area contributed by atoms with Gasteiger partial charge in [0.05, 0.1) is 6.20 Å². The molecule has 1 aromatic heterocycles. The van der Waals surface area contributed by atoms with Crippen molar-refractivity contribution in [2.75, 3.05) is 24.3 Å². The van der Waals surface area contributed by atoms with Crippen molar-refractivity contribution in [3.05, 3.63) is 65.6 Å². The van der Waals surface area contributed by atoms with Crippen molar-refractivity contribution in [3.63, 3.8) is 0 Å². The summed E-state index contributed by atoms with van der Waals surface area (Å²) in [6.07, 6.45) is 1.06. The molecule has 0 saturated heterocycles. The maximum atomic E-state index is 14.1. The van der Waals surface area contributed by atoms with Crippen LogP contribution in [0.5, 0.6) is 5.75 Å². The number of hydrogen-bond acceptors (Lipinski definition) is 6. The number of carbonyl (C=O) groups is 1. The molecule has 0 bridgehead atoms. The first-order chi connectivity index (χ1) is 13.5. The van der Waals surface area contributed by atoms with E-state index in [1.165, 1.54) is 7.05 Å². The number of amides is 1. The molecule has 3 aromatic rings. The average Bonchev–Trinajstić information content (AvgIpc) is 2.69. The van der Waals surface area contributed by atoms with E-state index < -0.39 is 5.82 Å². The fourth-order valence-electron chi connectivity index (χ4n) is 2.23. The lowest BCUT2D eigenvalue weighted by Gasteiger charge is -2.11. The molecule has 0 spiro atoms. The maximum Gasteiger partial charge on any atom is 0.257 e. The van der Waals surface area contributed by atoms with Gasteiger partial charge in [-0.05, 0) is 30.3 Å². The van der Waals surface area contributed by atoms with Crippen LogP contribution in [0.2, 0.25) is 5.02 Å². The molecule has 9 heteroatoms. The van der Waals surface area contributed by atoms with Gasteiger partial charge in [0.2, 0.25) is 5.95 Å². The Bertz CT molecular complexity index is 986. The van der Waals surface area contributed by atoms with Crippen LogP contribution in [0.25, 0.3) is 0 Å². The quantitative estimate of drug-likeness (QED) is 0.556. The molecule has 0 aliphatic carbocycles. The zero-order valence-electron chi connectivity index (χ0n) is 14.9. The number of likely N-dealkylation sites (N-methyl/N-ethyl adjacent to an activating group) is 1. The molecule has 3 rings (SSSR count). The second-order valence-corrected chi connectivity index (χ2v) is 6.08. The van der Waals surface area contributed by atoms with E-state index in [9.17, 15) is 9.18 Å². The van der Waals surface area contributed by atoms with Crippen LogP contribution in [-0.2, 0) is 4.79 Å². The molecule has 144 valence electrons. The highest BCUT2D eigenvalue weighted by atomic mass is 35.5. The molecule has 2 aromatic carbocycles. The summed E-state index contributed by atoms with van der Waals surface area (Å²) in [6.45, 7) is -0.0965. The van der Waals surface area contributed by atoms with Gasteiger partial charge in [-0.2, -0.15) is 4.98 Å². The number of carbonyl (C=O) groups excluding carboxylic acids is 1. The molecule has 0 aliphatic rings. The van der Waals surface area contributed by atoms with E-state index in [4.69, 9.17) is 16.3 Å². The van der Waals surface area contributed by atoms with Gasteiger partial charge in [0, 0.05) is 29.5 Å². The van der Waals surface area contributed by atoms with Crippen molar-refractivity contribution in [2.45, 2.75) is 0 Å². The lowest BCUT2D eigenvalue weighted by atomic mass is 10.3. The summed E-state index contributed by atoms with van der Waals surface area (Å²) < 4.78 is 19.5. The fourth-order valence-corrected chi connectivity index (χ4v) is 2.42. The number of anilines is 4. The van der Waals surface area contributed by atoms with Gasteiger partial charge in [-0.15, -0.1) is 0 Å². The summed E-state index contributed by atoms with van der Waals surface area (Å²) in [4.78, 5) is 19.4. The summed E-state index contributed by atoms with van der Waals surface area (Å²) in [7, 11) is 1.53. The SMILES string of the molecule is CNC(=O)COc1cccc(Nc2ncc(F)c(Nc3cccc(Cl)c3)n2)c1. The minimum atomic E-state index is -0.604. The number of halogens is 2. The molecule has 3 N–H and O–H groups in total. The predicted octanol–water partition coefficient (Wildman–Crippen LogP) is 3.88. The van der Waals surface area contributed by atoms with Crippen LogP contribution in [0.1, 0.15) is 0 Å². The second-order valence-electron chi connectivity index (χ2n) is 5.64. The maximum absolute atomic E-state index is 14.1. The zero-order chi connectivity index (χ0) is 19.9. The molecular weight excluding hydrogens is 385 g/mol. The summed E-state index contributed by atoms with van der Waals surface area (Å²) in [5.41, 5.74) is 1.22. The van der Waals surface area contributed by atoms with E-state index in [2.05, 4.69) is 25.9 Å². The van der Waals surface area contributed by atoms with Crippen LogP contribution in [0.15, 0.2) is 54.7 Å². The van der Waals surface area contributed by atoms with Gasteiger partial charge in [0.25, 0.3) is 5.91 Å². The average molecular weight is 402 g/mol. The topological polar surface area (TPSA) is 88.2 Å². The second kappa shape index (κ2) is 9.01. The van der Waals surface area contributed by atoms with Crippen molar-refractivity contribution in [3.8, 4) is 5.75 Å². The Hall–Kier alpha value is -3.39. The molecule has 7 nitrogen and oxygen atoms in total. The van der Waals surface area contributed by atoms with Crippen molar-refractivity contribution in [1.29, 1.82) is 0 Å². The van der Waals surface area contributed by atoms with Crippen molar-refractivity contribution < 1.29 is 13.9 Å². The molecule has 28 heavy (non-hydrogen) atoms. The van der Waals surface area contributed by atoms with E-state index >= 15 is 0 Å². The highest BCUT2D eigenvalue weighted by Crippen LogP contribution is 2.24. The molecule has 0 radical (unpaired) electrons. The predicted molar refractivity (Wildman–Crippen MR) is 106 cm³/mol. The molecule has 1 heterocycles. The smallest absolute Gasteiger partial charge is 0.257 e. The lowest BCUT2D eigenvalue weighted by molar-refractivity contribution is -0.122. The first-order valence-electron chi connectivity index (χ1n) is 8.29. The van der Waals surface area contributed by atoms with Crippen LogP contribution < -0.4 is 20.7 Å². The van der Waals surface area contributed by atoms with E-state index in [0.29, 0.717) is 22.1 Å². The van der Waals surface area contributed by atoms with Crippen LogP contribution in [0, 0.1) is 5.82 Å². The van der Waals surface area contributed by atoms with Gasteiger partial charge in [0.15, 0.2) is 18.2 Å². The van der Waals surface area contributed by atoms with Crippen LogP contribution in [-0.4, -0.2) is 29.5 Å². The number of nitrogens with zero attached hydrogens (tertiary/aromatic N) is 2. The van der Waals surface area contributed by atoms with Crippen molar-refractivity contribution >= 4 is 40.6 Å². The molecule has 0 aliphatic heterocycles. The Balaban J connectivity index is 1.73. The molecule has 0 saturated carbocycles. The van der Waals surface area contributed by atoms with E-state index in [1.54, 1.807) is 48.5 Å². The summed E-state index contributed by atoms with van der Waals surface area (Å²) in [6, 6.07) is 13.8. The van der Waals surface area contributed by atoms with Gasteiger partial charge >= 0.3 is 0 Å². The highest BCUT2D eigenvalue weighted by molar-refractivity contribution is 6.30. The Labute approximate surface area is 165 Å². The Morgan fingerprint density at radius 2 is 1.89 bits per heavy atom. The number of hydrogen-bond donors (Lipinski definition) is 3. The number of aromatic nitrogens is 2. The third-order valence-corrected chi connectivity index (χ3v) is 3.81. The van der Waals surface area contributed by atoms with Crippen molar-refractivity contribution in [2.24, 2.45) is 0 Å². The van der Waals surface area contributed by atoms with Gasteiger partial charge in [-0.1, -0.05) is 23.7 Å². The third-order valence-electron chi connectivity index (χ3n) is 3.57. The lowest BCUT2D eigenvalue weighted by Crippen LogP contribution is -2.24. The van der Waals surface area contributed by atoms with E-state index in [1.807, 2.05) is 0 Å². The number of nitrogens with one attached hydrogen (secondary N) is 3.